The van der Waals surface area contributed by atoms with Crippen LogP contribution >= 0.6 is 0 Å². The highest BCUT2D eigenvalue weighted by Crippen LogP contribution is 2.36. The molecule has 0 heterocycles. The van der Waals surface area contributed by atoms with E-state index >= 15 is 0 Å². The Bertz CT molecular complexity index is 609. The van der Waals surface area contributed by atoms with Crippen LogP contribution in [0.4, 0.5) is 0 Å². The van der Waals surface area contributed by atoms with Gasteiger partial charge in [0.25, 0.3) is 0 Å². The summed E-state index contributed by atoms with van der Waals surface area (Å²) < 4.78 is 11.7. The Kier molecular flexibility index (Phi) is 4.11. The summed E-state index contributed by atoms with van der Waals surface area (Å²) in [5, 5.41) is 10.4. The summed E-state index contributed by atoms with van der Waals surface area (Å²) in [6, 6.07) is 15.6. The van der Waals surface area contributed by atoms with Crippen molar-refractivity contribution in [2.24, 2.45) is 0 Å². The molecule has 0 fully saturated rings. The average molecular weight is 284 g/mol. The van der Waals surface area contributed by atoms with Gasteiger partial charge >= 0.3 is 0 Å². The molecule has 21 heavy (non-hydrogen) atoms. The maximum absolute atomic E-state index is 10.4. The maximum atomic E-state index is 10.4. The zero-order chi connectivity index (χ0) is 14.7. The molecule has 1 aliphatic rings. The molecule has 0 spiro atoms. The van der Waals surface area contributed by atoms with Crippen LogP contribution in [0.15, 0.2) is 48.5 Å². The maximum Gasteiger partial charge on any atom is 0.161 e. The van der Waals surface area contributed by atoms with Gasteiger partial charge in [0.2, 0.25) is 0 Å². The minimum atomic E-state index is -0.583. The van der Waals surface area contributed by atoms with Crippen molar-refractivity contribution in [2.75, 3.05) is 6.61 Å². The van der Waals surface area contributed by atoms with E-state index in [1.54, 1.807) is 0 Å². The predicted octanol–water partition coefficient (Wildman–Crippen LogP) is 3.51. The summed E-state index contributed by atoms with van der Waals surface area (Å²) in [5.74, 6) is 1.44. The molecule has 2 aromatic carbocycles. The van der Waals surface area contributed by atoms with Crippen molar-refractivity contribution < 1.29 is 14.6 Å². The Morgan fingerprint density at radius 2 is 1.76 bits per heavy atom. The second kappa shape index (κ2) is 6.19. The van der Waals surface area contributed by atoms with E-state index in [0.29, 0.717) is 12.4 Å². The summed E-state index contributed by atoms with van der Waals surface area (Å²) in [6.45, 7) is 2.73. The number of rotatable bonds is 5. The Morgan fingerprint density at radius 1 is 1.05 bits per heavy atom. The summed E-state index contributed by atoms with van der Waals surface area (Å²) >= 11 is 0. The van der Waals surface area contributed by atoms with E-state index in [0.717, 1.165) is 29.7 Å². The quantitative estimate of drug-likeness (QED) is 0.913. The molecule has 0 amide bonds. The lowest BCUT2D eigenvalue weighted by atomic mass is 10.1. The fourth-order valence-corrected chi connectivity index (χ4v) is 2.69. The van der Waals surface area contributed by atoms with Gasteiger partial charge in [0.15, 0.2) is 11.5 Å². The zero-order valence-corrected chi connectivity index (χ0v) is 12.2. The Balaban J connectivity index is 1.76. The lowest BCUT2D eigenvalue weighted by Gasteiger charge is -2.19. The topological polar surface area (TPSA) is 38.7 Å². The van der Waals surface area contributed by atoms with Gasteiger partial charge in [-0.25, -0.2) is 0 Å². The first-order valence-electron chi connectivity index (χ1n) is 7.44. The molecule has 0 bridgehead atoms. The van der Waals surface area contributed by atoms with Crippen LogP contribution in [0.5, 0.6) is 11.5 Å². The molecule has 3 rings (SSSR count). The van der Waals surface area contributed by atoms with E-state index < -0.39 is 6.10 Å². The highest BCUT2D eigenvalue weighted by Gasteiger charge is 2.32. The predicted molar refractivity (Wildman–Crippen MR) is 81.7 cm³/mol. The molecule has 3 nitrogen and oxygen atoms in total. The van der Waals surface area contributed by atoms with Crippen LogP contribution in [0, 0.1) is 0 Å². The number of para-hydroxylation sites is 2. The Morgan fingerprint density at radius 3 is 2.52 bits per heavy atom. The fraction of sp³-hybridized carbons (Fsp3) is 0.333. The number of ether oxygens (including phenoxy) is 2. The van der Waals surface area contributed by atoms with Crippen molar-refractivity contribution in [3.05, 3.63) is 59.7 Å². The first-order valence-corrected chi connectivity index (χ1v) is 7.44. The van der Waals surface area contributed by atoms with E-state index in [4.69, 9.17) is 9.47 Å². The molecule has 0 aromatic heterocycles. The van der Waals surface area contributed by atoms with Crippen LogP contribution in [0.2, 0.25) is 0 Å². The number of aliphatic hydroxyl groups is 1. The minimum Gasteiger partial charge on any atom is -0.490 e. The molecule has 0 saturated heterocycles. The zero-order valence-electron chi connectivity index (χ0n) is 12.2. The number of fused-ring (bicyclic) bond motifs is 1. The monoisotopic (exact) mass is 284 g/mol. The lowest BCUT2D eigenvalue weighted by Crippen LogP contribution is -2.22. The van der Waals surface area contributed by atoms with E-state index in [1.165, 1.54) is 0 Å². The van der Waals surface area contributed by atoms with Crippen LogP contribution < -0.4 is 9.47 Å². The van der Waals surface area contributed by atoms with Gasteiger partial charge in [0, 0.05) is 6.42 Å². The molecule has 1 N–H and O–H groups in total. The number of benzene rings is 2. The van der Waals surface area contributed by atoms with E-state index in [2.05, 4.69) is 6.92 Å². The summed E-state index contributed by atoms with van der Waals surface area (Å²) in [4.78, 5) is 0. The number of hydrogen-bond donors (Lipinski definition) is 1. The van der Waals surface area contributed by atoms with E-state index in [-0.39, 0.29) is 6.10 Å². The molecule has 1 aliphatic carbocycles. The number of aliphatic hydroxyl groups excluding tert-OH is 1. The molecule has 2 aromatic rings. The van der Waals surface area contributed by atoms with Gasteiger partial charge in [-0.2, -0.15) is 0 Å². The van der Waals surface area contributed by atoms with Gasteiger partial charge in [-0.1, -0.05) is 43.3 Å². The van der Waals surface area contributed by atoms with E-state index in [9.17, 15) is 5.11 Å². The fourth-order valence-electron chi connectivity index (χ4n) is 2.69. The molecule has 0 radical (unpaired) electrons. The highest BCUT2D eigenvalue weighted by atomic mass is 16.5. The summed E-state index contributed by atoms with van der Waals surface area (Å²) in [7, 11) is 0. The van der Waals surface area contributed by atoms with Crippen LogP contribution in [0.25, 0.3) is 0 Å². The van der Waals surface area contributed by atoms with Crippen molar-refractivity contribution in [3.63, 3.8) is 0 Å². The summed E-state index contributed by atoms with van der Waals surface area (Å²) in [5.41, 5.74) is 2.12. The van der Waals surface area contributed by atoms with Crippen LogP contribution in [0.1, 0.15) is 30.6 Å². The normalized spacial score (nSPS) is 20.1. The Labute approximate surface area is 125 Å². The average Bonchev–Trinajstić information content (AvgIpc) is 2.83. The third kappa shape index (κ3) is 2.88. The van der Waals surface area contributed by atoms with Gasteiger partial charge in [0.1, 0.15) is 12.2 Å². The smallest absolute Gasteiger partial charge is 0.161 e. The SMILES string of the molecule is CCCOc1ccccc1OC1Cc2ccccc2C1O. The Hall–Kier alpha value is -2.00. The van der Waals surface area contributed by atoms with Crippen molar-refractivity contribution in [2.45, 2.75) is 32.0 Å². The van der Waals surface area contributed by atoms with Gasteiger partial charge in [-0.3, -0.25) is 0 Å². The van der Waals surface area contributed by atoms with Crippen molar-refractivity contribution in [1.82, 2.24) is 0 Å². The third-order valence-electron chi connectivity index (χ3n) is 3.74. The molecule has 0 aliphatic heterocycles. The number of hydrogen-bond acceptors (Lipinski definition) is 3. The molecular weight excluding hydrogens is 264 g/mol. The molecule has 110 valence electrons. The van der Waals surface area contributed by atoms with Crippen LogP contribution in [0.3, 0.4) is 0 Å². The van der Waals surface area contributed by atoms with Crippen LogP contribution in [-0.2, 0) is 6.42 Å². The van der Waals surface area contributed by atoms with Crippen molar-refractivity contribution in [1.29, 1.82) is 0 Å². The van der Waals surface area contributed by atoms with E-state index in [1.807, 2.05) is 48.5 Å². The van der Waals surface area contributed by atoms with Crippen molar-refractivity contribution >= 4 is 0 Å². The van der Waals surface area contributed by atoms with Gasteiger partial charge in [-0.05, 0) is 29.7 Å². The molecule has 2 unspecified atom stereocenters. The minimum absolute atomic E-state index is 0.256. The standard InChI is InChI=1S/C18H20O3/c1-2-11-20-15-9-5-6-10-16(15)21-17-12-13-7-3-4-8-14(13)18(17)19/h3-10,17-19H,2,11-12H2,1H3. The van der Waals surface area contributed by atoms with Crippen molar-refractivity contribution in [3.8, 4) is 11.5 Å². The molecule has 2 atom stereocenters. The highest BCUT2D eigenvalue weighted by molar-refractivity contribution is 5.41. The van der Waals surface area contributed by atoms with Gasteiger partial charge in [0.05, 0.1) is 6.61 Å². The summed E-state index contributed by atoms with van der Waals surface area (Å²) in [6.07, 6.45) is 0.833. The largest absolute Gasteiger partial charge is 0.490 e. The first-order chi connectivity index (χ1) is 10.3. The molecule has 0 saturated carbocycles. The third-order valence-corrected chi connectivity index (χ3v) is 3.74. The van der Waals surface area contributed by atoms with Gasteiger partial charge in [-0.15, -0.1) is 0 Å². The second-order valence-electron chi connectivity index (χ2n) is 5.30. The lowest BCUT2D eigenvalue weighted by molar-refractivity contribution is 0.0472. The molecular formula is C18H20O3. The molecule has 3 heteroatoms. The first kappa shape index (κ1) is 14.0. The van der Waals surface area contributed by atoms with Crippen LogP contribution in [-0.4, -0.2) is 17.8 Å². The van der Waals surface area contributed by atoms with Gasteiger partial charge < -0.3 is 14.6 Å². The second-order valence-corrected chi connectivity index (χ2v) is 5.30.